The maximum absolute atomic E-state index is 11.6. The first-order chi connectivity index (χ1) is 5.77. The van der Waals surface area contributed by atoms with Crippen LogP contribution in [0.25, 0.3) is 0 Å². The number of fused-ring (bicyclic) bond motifs is 2. The molecular formula is C10H12O2. The molecule has 2 nitrogen and oxygen atoms in total. The molecule has 1 fully saturated rings. The van der Waals surface area contributed by atoms with Gasteiger partial charge in [-0.15, -0.1) is 0 Å². The summed E-state index contributed by atoms with van der Waals surface area (Å²) in [5.74, 6) is 0.502. The molecular weight excluding hydrogens is 152 g/mol. The Balaban J connectivity index is 2.27. The van der Waals surface area contributed by atoms with Crippen molar-refractivity contribution in [2.75, 3.05) is 0 Å². The molecule has 0 amide bonds. The van der Waals surface area contributed by atoms with E-state index in [0.717, 1.165) is 19.3 Å². The van der Waals surface area contributed by atoms with Gasteiger partial charge in [-0.05, 0) is 18.9 Å². The van der Waals surface area contributed by atoms with E-state index in [1.807, 2.05) is 0 Å². The number of allylic oxidation sites excluding steroid dienone is 2. The summed E-state index contributed by atoms with van der Waals surface area (Å²) in [6.45, 7) is 0. The van der Waals surface area contributed by atoms with Crippen LogP contribution in [0, 0.1) is 11.8 Å². The molecule has 0 heterocycles. The fraction of sp³-hybridized carbons (Fsp3) is 0.600. The van der Waals surface area contributed by atoms with E-state index in [9.17, 15) is 9.59 Å². The topological polar surface area (TPSA) is 34.1 Å². The van der Waals surface area contributed by atoms with Crippen LogP contribution in [0.2, 0.25) is 0 Å². The molecule has 1 saturated carbocycles. The third kappa shape index (κ3) is 1.22. The van der Waals surface area contributed by atoms with Crippen molar-refractivity contribution in [3.63, 3.8) is 0 Å². The maximum Gasteiger partial charge on any atom is 0.156 e. The molecule has 0 aromatic rings. The third-order valence-corrected chi connectivity index (χ3v) is 2.80. The number of hydrogen-bond donors (Lipinski definition) is 0. The number of ketones is 2. The molecule has 2 atom stereocenters. The second-order valence-electron chi connectivity index (χ2n) is 3.67. The standard InChI is InChI=1S/C10H12O2/c11-9-5-4-7-2-1-3-8(6-9)10(7)12/h4-5,7-8H,1-3,6H2. The highest BCUT2D eigenvalue weighted by Crippen LogP contribution is 2.31. The quantitative estimate of drug-likeness (QED) is 0.543. The minimum absolute atomic E-state index is 0.0336. The van der Waals surface area contributed by atoms with Crippen LogP contribution in [-0.4, -0.2) is 11.6 Å². The van der Waals surface area contributed by atoms with Gasteiger partial charge in [0.1, 0.15) is 5.78 Å². The van der Waals surface area contributed by atoms with E-state index in [-0.39, 0.29) is 17.6 Å². The van der Waals surface area contributed by atoms with Crippen molar-refractivity contribution in [1.29, 1.82) is 0 Å². The number of hydrogen-bond acceptors (Lipinski definition) is 2. The van der Waals surface area contributed by atoms with Gasteiger partial charge < -0.3 is 0 Å². The third-order valence-electron chi connectivity index (χ3n) is 2.80. The lowest BCUT2D eigenvalue weighted by Crippen LogP contribution is -2.26. The van der Waals surface area contributed by atoms with Gasteiger partial charge in [0, 0.05) is 18.3 Å². The monoisotopic (exact) mass is 164 g/mol. The predicted octanol–water partition coefficient (Wildman–Crippen LogP) is 1.50. The van der Waals surface area contributed by atoms with Crippen LogP contribution in [0.3, 0.4) is 0 Å². The zero-order chi connectivity index (χ0) is 8.55. The van der Waals surface area contributed by atoms with Gasteiger partial charge in [-0.25, -0.2) is 0 Å². The molecule has 0 aromatic heterocycles. The Morgan fingerprint density at radius 3 is 2.92 bits per heavy atom. The van der Waals surface area contributed by atoms with Crippen LogP contribution in [0.15, 0.2) is 12.2 Å². The highest BCUT2D eigenvalue weighted by Gasteiger charge is 2.32. The molecule has 0 spiro atoms. The SMILES string of the molecule is O=C1C=CC2CCCC(C1)C2=O. The number of Topliss-reactive ketones (excluding diaryl/α,β-unsaturated/α-hetero) is 1. The predicted molar refractivity (Wildman–Crippen MR) is 44.6 cm³/mol. The van der Waals surface area contributed by atoms with Crippen LogP contribution in [0.4, 0.5) is 0 Å². The first-order valence-electron chi connectivity index (χ1n) is 4.52. The molecule has 0 aromatic carbocycles. The lowest BCUT2D eigenvalue weighted by molar-refractivity contribution is -0.129. The van der Waals surface area contributed by atoms with Crippen molar-refractivity contribution in [3.05, 3.63) is 12.2 Å². The van der Waals surface area contributed by atoms with E-state index in [4.69, 9.17) is 0 Å². The first-order valence-corrected chi connectivity index (χ1v) is 4.52. The zero-order valence-corrected chi connectivity index (χ0v) is 6.95. The van der Waals surface area contributed by atoms with Gasteiger partial charge >= 0.3 is 0 Å². The molecule has 0 radical (unpaired) electrons. The van der Waals surface area contributed by atoms with Gasteiger partial charge in [-0.1, -0.05) is 12.5 Å². The van der Waals surface area contributed by atoms with Gasteiger partial charge in [0.2, 0.25) is 0 Å². The van der Waals surface area contributed by atoms with E-state index in [1.54, 1.807) is 12.2 Å². The smallest absolute Gasteiger partial charge is 0.156 e. The van der Waals surface area contributed by atoms with Gasteiger partial charge in [0.05, 0.1) is 0 Å². The Morgan fingerprint density at radius 2 is 2.08 bits per heavy atom. The van der Waals surface area contributed by atoms with Crippen molar-refractivity contribution >= 4 is 11.6 Å². The van der Waals surface area contributed by atoms with Crippen molar-refractivity contribution in [3.8, 4) is 0 Å². The molecule has 0 saturated heterocycles. The summed E-state index contributed by atoms with van der Waals surface area (Å²) in [6.07, 6.45) is 6.80. The molecule has 2 unspecified atom stereocenters. The summed E-state index contributed by atoms with van der Waals surface area (Å²) in [7, 11) is 0. The normalized spacial score (nSPS) is 35.0. The van der Waals surface area contributed by atoms with Gasteiger partial charge in [0.25, 0.3) is 0 Å². The summed E-state index contributed by atoms with van der Waals surface area (Å²) in [6, 6.07) is 0. The molecule has 2 aliphatic rings. The largest absolute Gasteiger partial charge is 0.299 e. The van der Waals surface area contributed by atoms with Crippen LogP contribution < -0.4 is 0 Å². The molecule has 0 aliphatic heterocycles. The first kappa shape index (κ1) is 7.71. The second-order valence-corrected chi connectivity index (χ2v) is 3.67. The number of carbonyl (C=O) groups is 2. The van der Waals surface area contributed by atoms with Crippen molar-refractivity contribution in [1.82, 2.24) is 0 Å². The molecule has 2 bridgehead atoms. The van der Waals surface area contributed by atoms with Gasteiger partial charge in [-0.3, -0.25) is 9.59 Å². The van der Waals surface area contributed by atoms with E-state index < -0.39 is 0 Å². The highest BCUT2D eigenvalue weighted by atomic mass is 16.1. The number of rotatable bonds is 0. The van der Waals surface area contributed by atoms with Crippen LogP contribution >= 0.6 is 0 Å². The molecule has 12 heavy (non-hydrogen) atoms. The highest BCUT2D eigenvalue weighted by molar-refractivity contribution is 5.98. The molecule has 2 rings (SSSR count). The Bertz CT molecular complexity index is 253. The van der Waals surface area contributed by atoms with E-state index in [0.29, 0.717) is 12.2 Å². The summed E-state index contributed by atoms with van der Waals surface area (Å²) in [5.41, 5.74) is 0. The van der Waals surface area contributed by atoms with E-state index in [2.05, 4.69) is 0 Å². The molecule has 2 heteroatoms. The Labute approximate surface area is 71.6 Å². The van der Waals surface area contributed by atoms with Crippen LogP contribution in [0.5, 0.6) is 0 Å². The fourth-order valence-corrected chi connectivity index (χ4v) is 2.10. The Kier molecular flexibility index (Phi) is 1.83. The Morgan fingerprint density at radius 1 is 1.25 bits per heavy atom. The summed E-state index contributed by atoms with van der Waals surface area (Å²) in [5, 5.41) is 0. The number of carbonyl (C=O) groups excluding carboxylic acids is 2. The van der Waals surface area contributed by atoms with Crippen molar-refractivity contribution < 1.29 is 9.59 Å². The molecule has 0 N–H and O–H groups in total. The summed E-state index contributed by atoms with van der Waals surface area (Å²) in [4.78, 5) is 22.7. The average molecular weight is 164 g/mol. The minimum atomic E-state index is 0.0336. The second kappa shape index (κ2) is 2.85. The van der Waals surface area contributed by atoms with E-state index in [1.165, 1.54) is 0 Å². The molecule has 64 valence electrons. The fourth-order valence-electron chi connectivity index (χ4n) is 2.10. The van der Waals surface area contributed by atoms with Crippen LogP contribution in [0.1, 0.15) is 25.7 Å². The minimum Gasteiger partial charge on any atom is -0.299 e. The van der Waals surface area contributed by atoms with Crippen molar-refractivity contribution in [2.24, 2.45) is 11.8 Å². The lowest BCUT2D eigenvalue weighted by atomic mass is 9.80. The van der Waals surface area contributed by atoms with Crippen LogP contribution in [-0.2, 0) is 9.59 Å². The lowest BCUT2D eigenvalue weighted by Gasteiger charge is -2.22. The van der Waals surface area contributed by atoms with Gasteiger partial charge in [-0.2, -0.15) is 0 Å². The summed E-state index contributed by atoms with van der Waals surface area (Å²) < 4.78 is 0. The zero-order valence-electron chi connectivity index (χ0n) is 6.95. The summed E-state index contributed by atoms with van der Waals surface area (Å²) >= 11 is 0. The molecule has 2 aliphatic carbocycles. The maximum atomic E-state index is 11.6. The average Bonchev–Trinajstić information content (AvgIpc) is 2.17. The Hall–Kier alpha value is -0.920. The van der Waals surface area contributed by atoms with E-state index >= 15 is 0 Å². The van der Waals surface area contributed by atoms with Gasteiger partial charge in [0.15, 0.2) is 5.78 Å². The van der Waals surface area contributed by atoms with Crippen molar-refractivity contribution in [2.45, 2.75) is 25.7 Å².